The number of para-hydroxylation sites is 1. The van der Waals surface area contributed by atoms with E-state index in [1.165, 1.54) is 0 Å². The highest BCUT2D eigenvalue weighted by molar-refractivity contribution is 6.04. The van der Waals surface area contributed by atoms with Crippen molar-refractivity contribution in [2.75, 3.05) is 11.9 Å². The van der Waals surface area contributed by atoms with Crippen molar-refractivity contribution in [3.63, 3.8) is 0 Å². The monoisotopic (exact) mass is 304 g/mol. The molecule has 0 atom stereocenters. The van der Waals surface area contributed by atoms with E-state index in [0.717, 1.165) is 23.2 Å². The summed E-state index contributed by atoms with van der Waals surface area (Å²) in [5.74, 6) is 0.362. The second kappa shape index (κ2) is 8.57. The van der Waals surface area contributed by atoms with Crippen molar-refractivity contribution in [1.29, 1.82) is 0 Å². The van der Waals surface area contributed by atoms with Crippen molar-refractivity contribution in [2.24, 2.45) is 5.92 Å². The van der Waals surface area contributed by atoms with Crippen LogP contribution >= 0.6 is 0 Å². The van der Waals surface area contributed by atoms with Gasteiger partial charge in [-0.2, -0.15) is 0 Å². The molecule has 0 heterocycles. The number of hydrogen-bond donors (Lipinski definition) is 2. The fraction of sp³-hybridized carbons (Fsp3) is 0.556. The van der Waals surface area contributed by atoms with E-state index >= 15 is 0 Å². The third kappa shape index (κ3) is 5.88. The first-order valence-electron chi connectivity index (χ1n) is 7.97. The number of nitrogens with one attached hydrogen (secondary N) is 2. The van der Waals surface area contributed by atoms with Gasteiger partial charge in [0.05, 0.1) is 0 Å². The number of carbonyl (C=O) groups excluding carboxylic acids is 2. The van der Waals surface area contributed by atoms with E-state index in [-0.39, 0.29) is 18.2 Å². The Balaban J connectivity index is 2.60. The van der Waals surface area contributed by atoms with Crippen molar-refractivity contribution in [3.05, 3.63) is 29.3 Å². The molecule has 2 amide bonds. The van der Waals surface area contributed by atoms with Crippen LogP contribution in [0.5, 0.6) is 0 Å². The number of hydrogen-bond acceptors (Lipinski definition) is 2. The smallest absolute Gasteiger partial charge is 0.233 e. The van der Waals surface area contributed by atoms with Crippen molar-refractivity contribution in [3.8, 4) is 0 Å². The lowest BCUT2D eigenvalue weighted by Crippen LogP contribution is -2.29. The summed E-state index contributed by atoms with van der Waals surface area (Å²) in [5.41, 5.74) is 2.94. The van der Waals surface area contributed by atoms with Gasteiger partial charge in [-0.1, -0.05) is 45.9 Å². The molecular formula is C18H28N2O2. The van der Waals surface area contributed by atoms with Gasteiger partial charge in [0.15, 0.2) is 0 Å². The van der Waals surface area contributed by atoms with Crippen LogP contribution in [0.25, 0.3) is 0 Å². The van der Waals surface area contributed by atoms with Crippen molar-refractivity contribution >= 4 is 17.5 Å². The van der Waals surface area contributed by atoms with Crippen LogP contribution in [0.4, 0.5) is 5.69 Å². The van der Waals surface area contributed by atoms with Gasteiger partial charge in [0, 0.05) is 12.2 Å². The molecule has 4 heteroatoms. The fourth-order valence-electron chi connectivity index (χ4n) is 2.23. The summed E-state index contributed by atoms with van der Waals surface area (Å²) in [7, 11) is 0. The molecule has 1 aromatic rings. The van der Waals surface area contributed by atoms with E-state index in [1.807, 2.05) is 25.1 Å². The molecule has 0 aliphatic rings. The number of anilines is 1. The van der Waals surface area contributed by atoms with Crippen LogP contribution in [0.3, 0.4) is 0 Å². The molecule has 2 N–H and O–H groups in total. The third-order valence-corrected chi connectivity index (χ3v) is 3.56. The van der Waals surface area contributed by atoms with Gasteiger partial charge in [-0.25, -0.2) is 0 Å². The second-order valence-corrected chi connectivity index (χ2v) is 6.45. The predicted octanol–water partition coefficient (Wildman–Crippen LogP) is 3.61. The highest BCUT2D eigenvalue weighted by Crippen LogP contribution is 2.27. The Bertz CT molecular complexity index is 522. The summed E-state index contributed by atoms with van der Waals surface area (Å²) in [6.45, 7) is 11.0. The molecule has 4 nitrogen and oxygen atoms in total. The summed E-state index contributed by atoms with van der Waals surface area (Å²) in [6.07, 6.45) is 0.784. The van der Waals surface area contributed by atoms with E-state index in [1.54, 1.807) is 0 Å². The van der Waals surface area contributed by atoms with Crippen molar-refractivity contribution in [1.82, 2.24) is 5.32 Å². The van der Waals surface area contributed by atoms with E-state index in [9.17, 15) is 9.59 Å². The fourth-order valence-corrected chi connectivity index (χ4v) is 2.23. The first kappa shape index (κ1) is 18.2. The van der Waals surface area contributed by atoms with Gasteiger partial charge in [-0.3, -0.25) is 9.59 Å². The predicted molar refractivity (Wildman–Crippen MR) is 91.0 cm³/mol. The lowest BCUT2D eigenvalue weighted by molar-refractivity contribution is -0.126. The van der Waals surface area contributed by atoms with Crippen LogP contribution in [0.1, 0.15) is 57.6 Å². The number of benzene rings is 1. The van der Waals surface area contributed by atoms with Crippen LogP contribution in [0.2, 0.25) is 0 Å². The summed E-state index contributed by atoms with van der Waals surface area (Å²) in [5, 5.41) is 5.67. The van der Waals surface area contributed by atoms with Gasteiger partial charge in [-0.15, -0.1) is 0 Å². The molecule has 0 bridgehead atoms. The van der Waals surface area contributed by atoms with Gasteiger partial charge < -0.3 is 10.6 Å². The minimum atomic E-state index is -0.266. The van der Waals surface area contributed by atoms with Gasteiger partial charge >= 0.3 is 0 Å². The van der Waals surface area contributed by atoms with E-state index in [4.69, 9.17) is 0 Å². The van der Waals surface area contributed by atoms with Gasteiger partial charge in [0.25, 0.3) is 0 Å². The van der Waals surface area contributed by atoms with E-state index in [0.29, 0.717) is 18.4 Å². The third-order valence-electron chi connectivity index (χ3n) is 3.56. The number of aryl methyl sites for hydroxylation is 1. The summed E-state index contributed by atoms with van der Waals surface area (Å²) in [6, 6.07) is 5.96. The van der Waals surface area contributed by atoms with Crippen LogP contribution in [0, 0.1) is 12.8 Å². The van der Waals surface area contributed by atoms with Gasteiger partial charge in [0.2, 0.25) is 11.8 Å². The van der Waals surface area contributed by atoms with Crippen LogP contribution in [0.15, 0.2) is 18.2 Å². The lowest BCUT2D eigenvalue weighted by Gasteiger charge is -2.16. The highest BCUT2D eigenvalue weighted by Gasteiger charge is 2.14. The lowest BCUT2D eigenvalue weighted by atomic mass is 9.98. The Morgan fingerprint density at radius 3 is 2.36 bits per heavy atom. The largest absolute Gasteiger partial charge is 0.356 e. The van der Waals surface area contributed by atoms with Crippen molar-refractivity contribution < 1.29 is 9.59 Å². The number of carbonyl (C=O) groups is 2. The SMILES string of the molecule is Cc1cccc(C(C)C)c1NC(=O)CC(=O)NCCC(C)C. The molecule has 0 saturated heterocycles. The van der Waals surface area contributed by atoms with Crippen LogP contribution < -0.4 is 10.6 Å². The zero-order valence-electron chi connectivity index (χ0n) is 14.3. The van der Waals surface area contributed by atoms with Crippen LogP contribution in [-0.2, 0) is 9.59 Å². The molecule has 0 saturated carbocycles. The van der Waals surface area contributed by atoms with Gasteiger partial charge in [-0.05, 0) is 36.3 Å². The molecule has 0 aliphatic carbocycles. The Morgan fingerprint density at radius 2 is 1.77 bits per heavy atom. The topological polar surface area (TPSA) is 58.2 Å². The molecule has 0 aliphatic heterocycles. The maximum absolute atomic E-state index is 12.1. The van der Waals surface area contributed by atoms with E-state index in [2.05, 4.69) is 38.3 Å². The first-order valence-corrected chi connectivity index (χ1v) is 7.97. The molecule has 22 heavy (non-hydrogen) atoms. The molecule has 1 aromatic carbocycles. The Kier molecular flexibility index (Phi) is 7.09. The van der Waals surface area contributed by atoms with Crippen LogP contribution in [-0.4, -0.2) is 18.4 Å². The summed E-state index contributed by atoms with van der Waals surface area (Å²) >= 11 is 0. The minimum Gasteiger partial charge on any atom is -0.356 e. The average Bonchev–Trinajstić information content (AvgIpc) is 2.40. The normalized spacial score (nSPS) is 10.9. The molecule has 122 valence electrons. The first-order chi connectivity index (χ1) is 10.3. The zero-order chi connectivity index (χ0) is 16.7. The molecule has 1 rings (SSSR count). The highest BCUT2D eigenvalue weighted by atomic mass is 16.2. The molecule has 0 spiro atoms. The standard InChI is InChI=1S/C18H28N2O2/c1-12(2)9-10-19-16(21)11-17(22)20-18-14(5)7-6-8-15(18)13(3)4/h6-8,12-13H,9-11H2,1-5H3,(H,19,21)(H,20,22). The Labute approximate surface area is 133 Å². The number of rotatable bonds is 7. The average molecular weight is 304 g/mol. The molecule has 0 unspecified atom stereocenters. The summed E-state index contributed by atoms with van der Waals surface area (Å²) < 4.78 is 0. The zero-order valence-corrected chi connectivity index (χ0v) is 14.3. The molecule has 0 aromatic heterocycles. The maximum atomic E-state index is 12.1. The Morgan fingerprint density at radius 1 is 1.09 bits per heavy atom. The maximum Gasteiger partial charge on any atom is 0.233 e. The summed E-state index contributed by atoms with van der Waals surface area (Å²) in [4.78, 5) is 23.8. The quantitative estimate of drug-likeness (QED) is 0.756. The Hall–Kier alpha value is -1.84. The second-order valence-electron chi connectivity index (χ2n) is 6.45. The van der Waals surface area contributed by atoms with E-state index < -0.39 is 0 Å². The molecular weight excluding hydrogens is 276 g/mol. The van der Waals surface area contributed by atoms with Crippen molar-refractivity contribution in [2.45, 2.75) is 53.4 Å². The molecule has 0 radical (unpaired) electrons. The minimum absolute atomic E-state index is 0.135. The number of amides is 2. The van der Waals surface area contributed by atoms with Gasteiger partial charge in [0.1, 0.15) is 6.42 Å². The molecule has 0 fully saturated rings.